The average Bonchev–Trinajstić information content (AvgIpc) is 2.08. The van der Waals surface area contributed by atoms with E-state index in [4.69, 9.17) is 5.11 Å². The molecule has 1 rings (SSSR count). The van der Waals surface area contributed by atoms with E-state index in [0.29, 0.717) is 0 Å². The highest BCUT2D eigenvalue weighted by molar-refractivity contribution is 6.20. The topological polar surface area (TPSA) is 63.6 Å². The van der Waals surface area contributed by atoms with Crippen LogP contribution in [0.2, 0.25) is 0 Å². The van der Waals surface area contributed by atoms with E-state index in [9.17, 15) is 9.59 Å². The molecule has 1 aliphatic carbocycles. The van der Waals surface area contributed by atoms with Crippen LogP contribution in [-0.4, -0.2) is 23.8 Å². The van der Waals surface area contributed by atoms with Crippen molar-refractivity contribution in [2.24, 2.45) is 0 Å². The standard InChI is InChI=1S/C8H8O4/c1-4-5(9)3-6(12-2)8(11)7(4)10/h3,10H,1-2H3. The SMILES string of the molecule is COC1=CC(=O)C(C)=C(O)C1=O. The zero-order valence-electron chi connectivity index (χ0n) is 6.75. The van der Waals surface area contributed by atoms with Gasteiger partial charge in [-0.05, 0) is 6.92 Å². The number of hydrogen-bond donors (Lipinski definition) is 1. The lowest BCUT2D eigenvalue weighted by molar-refractivity contribution is -0.120. The molecule has 0 heterocycles. The maximum atomic E-state index is 11.1. The number of aliphatic hydroxyl groups is 1. The van der Waals surface area contributed by atoms with Gasteiger partial charge in [0.15, 0.2) is 17.3 Å². The number of rotatable bonds is 1. The van der Waals surface area contributed by atoms with Crippen LogP contribution in [0.3, 0.4) is 0 Å². The number of Topliss-reactive ketones (excluding diaryl/α,β-unsaturated/α-hetero) is 1. The maximum absolute atomic E-state index is 11.1. The van der Waals surface area contributed by atoms with Gasteiger partial charge >= 0.3 is 0 Å². The minimum absolute atomic E-state index is 0.0563. The average molecular weight is 168 g/mol. The molecule has 0 radical (unpaired) electrons. The Morgan fingerprint density at radius 2 is 2.00 bits per heavy atom. The third-order valence-electron chi connectivity index (χ3n) is 1.65. The lowest BCUT2D eigenvalue weighted by atomic mass is 10.0. The summed E-state index contributed by atoms with van der Waals surface area (Å²) in [6.07, 6.45) is 1.07. The van der Waals surface area contributed by atoms with Crippen LogP contribution in [0.25, 0.3) is 0 Å². The van der Waals surface area contributed by atoms with Crippen LogP contribution in [0.15, 0.2) is 23.2 Å². The summed E-state index contributed by atoms with van der Waals surface area (Å²) in [5, 5.41) is 9.11. The summed E-state index contributed by atoms with van der Waals surface area (Å²) in [4.78, 5) is 22.1. The van der Waals surface area contributed by atoms with Crippen molar-refractivity contribution in [1.82, 2.24) is 0 Å². The Bertz CT molecular complexity index is 309. The third-order valence-corrected chi connectivity index (χ3v) is 1.65. The Labute approximate surface area is 69.1 Å². The maximum Gasteiger partial charge on any atom is 0.262 e. The summed E-state index contributed by atoms with van der Waals surface area (Å²) in [7, 11) is 1.27. The van der Waals surface area contributed by atoms with Gasteiger partial charge in [-0.3, -0.25) is 9.59 Å². The molecule has 12 heavy (non-hydrogen) atoms. The van der Waals surface area contributed by atoms with E-state index in [-0.39, 0.29) is 11.3 Å². The Morgan fingerprint density at radius 3 is 2.50 bits per heavy atom. The molecule has 1 N–H and O–H groups in total. The van der Waals surface area contributed by atoms with Crippen LogP contribution in [-0.2, 0) is 14.3 Å². The molecule has 0 unspecified atom stereocenters. The zero-order chi connectivity index (χ0) is 9.30. The lowest BCUT2D eigenvalue weighted by Crippen LogP contribution is -2.18. The van der Waals surface area contributed by atoms with Crippen LogP contribution in [0.4, 0.5) is 0 Å². The highest BCUT2D eigenvalue weighted by Crippen LogP contribution is 2.16. The largest absolute Gasteiger partial charge is 0.504 e. The van der Waals surface area contributed by atoms with Gasteiger partial charge in [-0.15, -0.1) is 0 Å². The first kappa shape index (κ1) is 8.52. The molecule has 4 nitrogen and oxygen atoms in total. The summed E-state index contributed by atoms with van der Waals surface area (Å²) in [6.45, 7) is 1.39. The first-order valence-electron chi connectivity index (χ1n) is 3.32. The normalized spacial score (nSPS) is 18.0. The summed E-state index contributed by atoms with van der Waals surface area (Å²) < 4.78 is 4.59. The highest BCUT2D eigenvalue weighted by atomic mass is 16.5. The van der Waals surface area contributed by atoms with Crippen LogP contribution < -0.4 is 0 Å². The fourth-order valence-electron chi connectivity index (χ4n) is 0.848. The lowest BCUT2D eigenvalue weighted by Gasteiger charge is -2.10. The molecule has 0 atom stereocenters. The smallest absolute Gasteiger partial charge is 0.262 e. The van der Waals surface area contributed by atoms with Gasteiger partial charge in [-0.2, -0.15) is 0 Å². The third kappa shape index (κ3) is 1.11. The summed E-state index contributed by atoms with van der Waals surface area (Å²) in [5.41, 5.74) is 0.0563. The van der Waals surface area contributed by atoms with Crippen molar-refractivity contribution >= 4 is 11.6 Å². The van der Waals surface area contributed by atoms with E-state index < -0.39 is 17.3 Å². The molecule has 0 saturated heterocycles. The van der Waals surface area contributed by atoms with Crippen LogP contribution in [0, 0.1) is 0 Å². The van der Waals surface area contributed by atoms with Crippen molar-refractivity contribution in [3.63, 3.8) is 0 Å². The van der Waals surface area contributed by atoms with Gasteiger partial charge in [0.1, 0.15) is 0 Å². The first-order valence-corrected chi connectivity index (χ1v) is 3.32. The summed E-state index contributed by atoms with van der Waals surface area (Å²) in [6, 6.07) is 0. The Morgan fingerprint density at radius 1 is 1.42 bits per heavy atom. The predicted molar refractivity (Wildman–Crippen MR) is 40.4 cm³/mol. The van der Waals surface area contributed by atoms with Gasteiger partial charge in [-0.1, -0.05) is 0 Å². The van der Waals surface area contributed by atoms with Gasteiger partial charge in [0, 0.05) is 11.6 Å². The summed E-state index contributed by atoms with van der Waals surface area (Å²) >= 11 is 0. The molecular weight excluding hydrogens is 160 g/mol. The van der Waals surface area contributed by atoms with E-state index >= 15 is 0 Å². The highest BCUT2D eigenvalue weighted by Gasteiger charge is 2.26. The van der Waals surface area contributed by atoms with Gasteiger partial charge in [-0.25, -0.2) is 0 Å². The molecule has 1 aliphatic rings. The number of allylic oxidation sites excluding steroid dienone is 2. The van der Waals surface area contributed by atoms with Crippen LogP contribution in [0.5, 0.6) is 0 Å². The molecule has 0 saturated carbocycles. The van der Waals surface area contributed by atoms with Crippen molar-refractivity contribution in [3.8, 4) is 0 Å². The Kier molecular flexibility index (Phi) is 1.99. The molecule has 0 aromatic rings. The van der Waals surface area contributed by atoms with E-state index in [1.165, 1.54) is 14.0 Å². The van der Waals surface area contributed by atoms with Gasteiger partial charge in [0.25, 0.3) is 5.78 Å². The number of carbonyl (C=O) groups excluding carboxylic acids is 2. The van der Waals surface area contributed by atoms with Crippen molar-refractivity contribution in [1.29, 1.82) is 0 Å². The molecule has 0 spiro atoms. The minimum atomic E-state index is -0.644. The van der Waals surface area contributed by atoms with Crippen molar-refractivity contribution in [3.05, 3.63) is 23.2 Å². The Balaban J connectivity index is 3.13. The van der Waals surface area contributed by atoms with Crippen LogP contribution in [0.1, 0.15) is 6.92 Å². The molecule has 0 fully saturated rings. The van der Waals surface area contributed by atoms with Crippen molar-refractivity contribution < 1.29 is 19.4 Å². The van der Waals surface area contributed by atoms with Gasteiger partial charge in [0.05, 0.1) is 7.11 Å². The monoisotopic (exact) mass is 168 g/mol. The van der Waals surface area contributed by atoms with E-state index in [0.717, 1.165) is 6.08 Å². The fourth-order valence-corrected chi connectivity index (χ4v) is 0.848. The quantitative estimate of drug-likeness (QED) is 0.579. The molecule has 0 aromatic carbocycles. The second-order valence-electron chi connectivity index (χ2n) is 2.38. The predicted octanol–water partition coefficient (Wildman–Crippen LogP) is 0.500. The second-order valence-corrected chi connectivity index (χ2v) is 2.38. The van der Waals surface area contributed by atoms with Crippen LogP contribution >= 0.6 is 0 Å². The first-order chi connectivity index (χ1) is 5.57. The number of carbonyl (C=O) groups is 2. The fraction of sp³-hybridized carbons (Fsp3) is 0.250. The van der Waals surface area contributed by atoms with Crippen molar-refractivity contribution in [2.75, 3.05) is 7.11 Å². The molecule has 0 amide bonds. The minimum Gasteiger partial charge on any atom is -0.504 e. The molecule has 0 bridgehead atoms. The molecular formula is C8H8O4. The molecule has 4 heteroatoms. The van der Waals surface area contributed by atoms with E-state index in [2.05, 4.69) is 4.74 Å². The number of aliphatic hydroxyl groups excluding tert-OH is 1. The van der Waals surface area contributed by atoms with Gasteiger partial charge < -0.3 is 9.84 Å². The van der Waals surface area contributed by atoms with Crippen molar-refractivity contribution in [2.45, 2.75) is 6.92 Å². The van der Waals surface area contributed by atoms with E-state index in [1.54, 1.807) is 0 Å². The molecule has 0 aliphatic heterocycles. The van der Waals surface area contributed by atoms with Gasteiger partial charge in [0.2, 0.25) is 0 Å². The number of hydrogen-bond acceptors (Lipinski definition) is 4. The zero-order valence-corrected chi connectivity index (χ0v) is 6.75. The van der Waals surface area contributed by atoms with E-state index in [1.807, 2.05) is 0 Å². The number of ketones is 2. The second kappa shape index (κ2) is 2.81. The number of ether oxygens (including phenoxy) is 1. The molecule has 0 aromatic heterocycles. The summed E-state index contributed by atoms with van der Waals surface area (Å²) in [5.74, 6) is -1.69. The molecule has 64 valence electrons. The number of methoxy groups -OCH3 is 1. The Hall–Kier alpha value is -1.58.